The Hall–Kier alpha value is -3.22. The van der Waals surface area contributed by atoms with Gasteiger partial charge in [0, 0.05) is 6.42 Å². The third-order valence-corrected chi connectivity index (χ3v) is 3.84. The third kappa shape index (κ3) is 5.64. The van der Waals surface area contributed by atoms with E-state index in [9.17, 15) is 19.8 Å². The molecule has 0 aliphatic rings. The Labute approximate surface area is 163 Å². The molecule has 0 aromatic heterocycles. The summed E-state index contributed by atoms with van der Waals surface area (Å²) in [5.74, 6) is -0.943. The first kappa shape index (κ1) is 21.1. The molecule has 0 saturated carbocycles. The SMILES string of the molecule is COC(=O)C(Cc1cc(O)c(-c2ccccc2)c(O)c1)NC(=O)OC(C)(C)C. The second-order valence-electron chi connectivity index (χ2n) is 7.30. The van der Waals surface area contributed by atoms with Crippen LogP contribution in [-0.2, 0) is 20.7 Å². The molecule has 0 spiro atoms. The molecule has 1 atom stereocenters. The molecule has 0 saturated heterocycles. The average molecular weight is 387 g/mol. The molecule has 0 aliphatic carbocycles. The lowest BCUT2D eigenvalue weighted by Crippen LogP contribution is -2.45. The van der Waals surface area contributed by atoms with Gasteiger partial charge in [-0.1, -0.05) is 30.3 Å². The lowest BCUT2D eigenvalue weighted by atomic mass is 9.98. The number of hydrogen-bond acceptors (Lipinski definition) is 6. The number of rotatable bonds is 5. The van der Waals surface area contributed by atoms with E-state index in [0.717, 1.165) is 0 Å². The van der Waals surface area contributed by atoms with Gasteiger partial charge in [-0.25, -0.2) is 9.59 Å². The van der Waals surface area contributed by atoms with Crippen LogP contribution in [-0.4, -0.2) is 41.0 Å². The van der Waals surface area contributed by atoms with Crippen molar-refractivity contribution >= 4 is 12.1 Å². The van der Waals surface area contributed by atoms with E-state index in [-0.39, 0.29) is 17.9 Å². The van der Waals surface area contributed by atoms with E-state index in [1.54, 1.807) is 45.0 Å². The van der Waals surface area contributed by atoms with E-state index in [1.807, 2.05) is 6.07 Å². The average Bonchev–Trinajstić information content (AvgIpc) is 2.59. The highest BCUT2D eigenvalue weighted by Gasteiger charge is 2.26. The molecule has 1 unspecified atom stereocenters. The van der Waals surface area contributed by atoms with Crippen molar-refractivity contribution < 1.29 is 29.3 Å². The van der Waals surface area contributed by atoms with Gasteiger partial charge in [0.25, 0.3) is 0 Å². The maximum Gasteiger partial charge on any atom is 0.408 e. The maximum atomic E-state index is 12.1. The van der Waals surface area contributed by atoms with Crippen LogP contribution < -0.4 is 5.32 Å². The summed E-state index contributed by atoms with van der Waals surface area (Å²) >= 11 is 0. The number of carbonyl (C=O) groups is 2. The zero-order valence-electron chi connectivity index (χ0n) is 16.4. The Kier molecular flexibility index (Phi) is 6.51. The fourth-order valence-electron chi connectivity index (χ4n) is 2.71. The van der Waals surface area contributed by atoms with E-state index in [0.29, 0.717) is 16.7 Å². The molecule has 1 amide bonds. The molecule has 2 aromatic carbocycles. The Morgan fingerprint density at radius 2 is 1.64 bits per heavy atom. The smallest absolute Gasteiger partial charge is 0.408 e. The molecule has 0 aliphatic heterocycles. The molecule has 3 N–H and O–H groups in total. The van der Waals surface area contributed by atoms with Crippen LogP contribution in [0.15, 0.2) is 42.5 Å². The minimum absolute atomic E-state index is 0.00209. The highest BCUT2D eigenvalue weighted by Crippen LogP contribution is 2.38. The lowest BCUT2D eigenvalue weighted by molar-refractivity contribution is -0.143. The number of nitrogens with one attached hydrogen (secondary N) is 1. The fraction of sp³-hybridized carbons (Fsp3) is 0.333. The number of carbonyl (C=O) groups excluding carboxylic acids is 2. The summed E-state index contributed by atoms with van der Waals surface area (Å²) in [5, 5.41) is 23.2. The van der Waals surface area contributed by atoms with E-state index in [1.165, 1.54) is 19.2 Å². The van der Waals surface area contributed by atoms with Crippen LogP contribution in [0.4, 0.5) is 4.79 Å². The van der Waals surface area contributed by atoms with E-state index >= 15 is 0 Å². The molecule has 28 heavy (non-hydrogen) atoms. The van der Waals surface area contributed by atoms with Gasteiger partial charge < -0.3 is 25.0 Å². The molecule has 0 heterocycles. The van der Waals surface area contributed by atoms with Crippen molar-refractivity contribution in [2.45, 2.75) is 38.8 Å². The zero-order valence-corrected chi connectivity index (χ0v) is 16.4. The number of hydrogen-bond donors (Lipinski definition) is 3. The number of methoxy groups -OCH3 is 1. The van der Waals surface area contributed by atoms with Crippen LogP contribution in [0, 0.1) is 0 Å². The minimum atomic E-state index is -1.04. The van der Waals surface area contributed by atoms with Crippen molar-refractivity contribution in [1.29, 1.82) is 0 Å². The third-order valence-electron chi connectivity index (χ3n) is 3.84. The Morgan fingerprint density at radius 3 is 2.14 bits per heavy atom. The topological polar surface area (TPSA) is 105 Å². The Balaban J connectivity index is 2.25. The first-order valence-corrected chi connectivity index (χ1v) is 8.78. The molecule has 0 radical (unpaired) electrons. The standard InChI is InChI=1S/C21H25NO6/c1-21(2,3)28-20(26)22-15(19(25)27-4)10-13-11-16(23)18(17(24)12-13)14-8-6-5-7-9-14/h5-9,11-12,15,23-24H,10H2,1-4H3,(H,22,26). The van der Waals surface area contributed by atoms with Crippen LogP contribution in [0.3, 0.4) is 0 Å². The number of esters is 1. The summed E-state index contributed by atoms with van der Waals surface area (Å²) in [6, 6.07) is 10.8. The number of benzene rings is 2. The molecule has 0 bridgehead atoms. The Bertz CT molecular complexity index is 819. The first-order valence-electron chi connectivity index (χ1n) is 8.78. The van der Waals surface area contributed by atoms with Gasteiger partial charge in [0.05, 0.1) is 12.7 Å². The predicted molar refractivity (Wildman–Crippen MR) is 104 cm³/mol. The summed E-state index contributed by atoms with van der Waals surface area (Å²) in [6.45, 7) is 5.12. The van der Waals surface area contributed by atoms with Crippen molar-refractivity contribution in [3.63, 3.8) is 0 Å². The number of aromatic hydroxyl groups is 2. The second-order valence-corrected chi connectivity index (χ2v) is 7.30. The minimum Gasteiger partial charge on any atom is -0.507 e. The van der Waals surface area contributed by atoms with Crippen LogP contribution in [0.25, 0.3) is 11.1 Å². The van der Waals surface area contributed by atoms with Crippen molar-refractivity contribution in [2.24, 2.45) is 0 Å². The van der Waals surface area contributed by atoms with Crippen LogP contribution in [0.1, 0.15) is 26.3 Å². The van der Waals surface area contributed by atoms with Crippen LogP contribution in [0.5, 0.6) is 11.5 Å². The van der Waals surface area contributed by atoms with Crippen molar-refractivity contribution in [1.82, 2.24) is 5.32 Å². The molecule has 2 aromatic rings. The van der Waals surface area contributed by atoms with E-state index in [4.69, 9.17) is 9.47 Å². The lowest BCUT2D eigenvalue weighted by Gasteiger charge is -2.23. The summed E-state index contributed by atoms with van der Waals surface area (Å²) in [5.41, 5.74) is 0.666. The van der Waals surface area contributed by atoms with Crippen molar-refractivity contribution in [3.05, 3.63) is 48.0 Å². The predicted octanol–water partition coefficient (Wildman–Crippen LogP) is 3.37. The summed E-state index contributed by atoms with van der Waals surface area (Å²) < 4.78 is 9.90. The number of ether oxygens (including phenoxy) is 2. The molecule has 7 heteroatoms. The van der Waals surface area contributed by atoms with Gasteiger partial charge in [-0.3, -0.25) is 0 Å². The normalized spacial score (nSPS) is 12.1. The highest BCUT2D eigenvalue weighted by atomic mass is 16.6. The van der Waals surface area contributed by atoms with E-state index < -0.39 is 23.7 Å². The van der Waals surface area contributed by atoms with Crippen LogP contribution in [0.2, 0.25) is 0 Å². The first-order chi connectivity index (χ1) is 13.1. The molecule has 2 rings (SSSR count). The van der Waals surface area contributed by atoms with Gasteiger partial charge in [-0.15, -0.1) is 0 Å². The monoisotopic (exact) mass is 387 g/mol. The van der Waals surface area contributed by atoms with Gasteiger partial charge in [-0.05, 0) is 44.0 Å². The quantitative estimate of drug-likeness (QED) is 0.680. The van der Waals surface area contributed by atoms with Gasteiger partial charge in [-0.2, -0.15) is 0 Å². The van der Waals surface area contributed by atoms with Crippen molar-refractivity contribution in [3.8, 4) is 22.6 Å². The molecule has 7 nitrogen and oxygen atoms in total. The molecular weight excluding hydrogens is 362 g/mol. The number of amides is 1. The van der Waals surface area contributed by atoms with Gasteiger partial charge in [0.1, 0.15) is 23.1 Å². The number of alkyl carbamates (subject to hydrolysis) is 1. The van der Waals surface area contributed by atoms with Gasteiger partial charge in [0.2, 0.25) is 0 Å². The number of phenolic OH excluding ortho intramolecular Hbond substituents is 2. The Morgan fingerprint density at radius 1 is 1.07 bits per heavy atom. The molecular formula is C21H25NO6. The largest absolute Gasteiger partial charge is 0.507 e. The number of phenols is 2. The summed E-state index contributed by atoms with van der Waals surface area (Å²) in [6.07, 6.45) is -0.764. The van der Waals surface area contributed by atoms with E-state index in [2.05, 4.69) is 5.32 Å². The summed E-state index contributed by atoms with van der Waals surface area (Å²) in [4.78, 5) is 24.1. The molecule has 150 valence electrons. The zero-order chi connectivity index (χ0) is 20.9. The van der Waals surface area contributed by atoms with Crippen molar-refractivity contribution in [2.75, 3.05) is 7.11 Å². The second kappa shape index (κ2) is 8.65. The van der Waals surface area contributed by atoms with Gasteiger partial charge in [0.15, 0.2) is 0 Å². The summed E-state index contributed by atoms with van der Waals surface area (Å²) in [7, 11) is 1.21. The molecule has 0 fully saturated rings. The van der Waals surface area contributed by atoms with Crippen LogP contribution >= 0.6 is 0 Å². The fourth-order valence-corrected chi connectivity index (χ4v) is 2.71. The van der Waals surface area contributed by atoms with Gasteiger partial charge >= 0.3 is 12.1 Å². The highest BCUT2D eigenvalue weighted by molar-refractivity contribution is 5.82. The maximum absolute atomic E-state index is 12.1.